The molecule has 5 nitrogen and oxygen atoms in total. The molecule has 0 radical (unpaired) electrons. The maximum atomic E-state index is 13.3. The zero-order valence-electron chi connectivity index (χ0n) is 16.4. The summed E-state index contributed by atoms with van der Waals surface area (Å²) in [6.07, 6.45) is 2.61. The van der Waals surface area contributed by atoms with Crippen molar-refractivity contribution >= 4 is 11.6 Å². The second-order valence-electron chi connectivity index (χ2n) is 7.56. The lowest BCUT2D eigenvalue weighted by Gasteiger charge is -2.38. The minimum Gasteiger partial charge on any atom is -0.381 e. The van der Waals surface area contributed by atoms with Crippen LogP contribution < -0.4 is 5.32 Å². The number of hydrogen-bond acceptors (Lipinski definition) is 4. The van der Waals surface area contributed by atoms with E-state index in [-0.39, 0.29) is 11.4 Å². The van der Waals surface area contributed by atoms with E-state index in [1.165, 1.54) is 12.1 Å². The summed E-state index contributed by atoms with van der Waals surface area (Å²) >= 11 is 5.99. The van der Waals surface area contributed by atoms with Gasteiger partial charge in [-0.1, -0.05) is 23.7 Å². The van der Waals surface area contributed by atoms with Crippen LogP contribution in [0.25, 0.3) is 11.4 Å². The summed E-state index contributed by atoms with van der Waals surface area (Å²) in [5.74, 6) is 1.45. The third kappa shape index (κ3) is 4.66. The van der Waals surface area contributed by atoms with Crippen LogP contribution in [0.5, 0.6) is 0 Å². The van der Waals surface area contributed by atoms with Gasteiger partial charge in [0.2, 0.25) is 0 Å². The highest BCUT2D eigenvalue weighted by molar-refractivity contribution is 6.30. The summed E-state index contributed by atoms with van der Waals surface area (Å²) < 4.78 is 20.9. The van der Waals surface area contributed by atoms with E-state index in [2.05, 4.69) is 15.5 Å². The maximum absolute atomic E-state index is 13.3. The van der Waals surface area contributed by atoms with E-state index >= 15 is 0 Å². The number of rotatable bonds is 6. The zero-order chi connectivity index (χ0) is 20.3. The molecule has 1 aliphatic heterocycles. The number of nitrogens with zero attached hydrogens (tertiary/aromatic N) is 3. The summed E-state index contributed by atoms with van der Waals surface area (Å²) in [4.78, 5) is 0. The van der Waals surface area contributed by atoms with Crippen molar-refractivity contribution < 1.29 is 9.13 Å². The lowest BCUT2D eigenvalue weighted by molar-refractivity contribution is 0.0370. The molecule has 2 aromatic carbocycles. The Bertz CT molecular complexity index is 950. The molecule has 0 unspecified atom stereocenters. The van der Waals surface area contributed by atoms with Crippen molar-refractivity contribution in [2.45, 2.75) is 31.3 Å². The lowest BCUT2D eigenvalue weighted by Crippen LogP contribution is -2.51. The fourth-order valence-corrected chi connectivity index (χ4v) is 3.93. The molecule has 0 saturated carbocycles. The van der Waals surface area contributed by atoms with E-state index in [4.69, 9.17) is 16.3 Å². The first kappa shape index (κ1) is 20.0. The van der Waals surface area contributed by atoms with E-state index in [0.29, 0.717) is 24.8 Å². The van der Waals surface area contributed by atoms with Gasteiger partial charge in [0.25, 0.3) is 0 Å². The van der Waals surface area contributed by atoms with Crippen LogP contribution in [0.2, 0.25) is 5.02 Å². The normalized spacial score (nSPS) is 16.1. The first-order valence-electron chi connectivity index (χ1n) is 9.76. The second-order valence-corrected chi connectivity index (χ2v) is 7.99. The van der Waals surface area contributed by atoms with Crippen LogP contribution in [0, 0.1) is 5.82 Å². The Hall–Kier alpha value is -2.28. The molecule has 0 spiro atoms. The van der Waals surface area contributed by atoms with Crippen LogP contribution in [0.4, 0.5) is 4.39 Å². The van der Waals surface area contributed by atoms with E-state index in [9.17, 15) is 4.39 Å². The molecule has 152 valence electrons. The van der Waals surface area contributed by atoms with E-state index in [1.807, 2.05) is 48.0 Å². The Labute approximate surface area is 174 Å². The predicted octanol–water partition coefficient (Wildman–Crippen LogP) is 4.16. The molecule has 2 heterocycles. The molecular weight excluding hydrogens is 391 g/mol. The average Bonchev–Trinajstić information content (AvgIpc) is 3.10. The molecule has 0 atom stereocenters. The van der Waals surface area contributed by atoms with Gasteiger partial charge in [0.1, 0.15) is 11.6 Å². The van der Waals surface area contributed by atoms with Crippen LogP contribution in [0.3, 0.4) is 0 Å². The van der Waals surface area contributed by atoms with Crippen molar-refractivity contribution in [2.75, 3.05) is 13.2 Å². The first-order valence-corrected chi connectivity index (χ1v) is 10.1. The van der Waals surface area contributed by atoms with Gasteiger partial charge in [0.15, 0.2) is 5.82 Å². The molecular formula is C22H24ClFN4O. The van der Waals surface area contributed by atoms with Crippen molar-refractivity contribution in [1.29, 1.82) is 0 Å². The minimum atomic E-state index is -0.212. The molecule has 29 heavy (non-hydrogen) atoms. The Morgan fingerprint density at radius 1 is 1.07 bits per heavy atom. The van der Waals surface area contributed by atoms with Crippen molar-refractivity contribution in [2.24, 2.45) is 7.05 Å². The summed E-state index contributed by atoms with van der Waals surface area (Å²) in [5.41, 5.74) is 1.98. The van der Waals surface area contributed by atoms with Gasteiger partial charge in [-0.15, -0.1) is 10.2 Å². The highest BCUT2D eigenvalue weighted by Gasteiger charge is 2.32. The predicted molar refractivity (Wildman–Crippen MR) is 111 cm³/mol. The summed E-state index contributed by atoms with van der Waals surface area (Å²) in [5, 5.41) is 13.2. The molecule has 1 aliphatic rings. The van der Waals surface area contributed by atoms with Gasteiger partial charge in [-0.2, -0.15) is 0 Å². The maximum Gasteiger partial charge on any atom is 0.163 e. The third-order valence-corrected chi connectivity index (χ3v) is 5.85. The van der Waals surface area contributed by atoms with Crippen LogP contribution in [-0.2, 0) is 24.8 Å². The molecule has 1 N–H and O–H groups in total. The number of nitrogens with one attached hydrogen (secondary N) is 1. The monoisotopic (exact) mass is 414 g/mol. The van der Waals surface area contributed by atoms with Crippen molar-refractivity contribution in [3.63, 3.8) is 0 Å². The van der Waals surface area contributed by atoms with Gasteiger partial charge in [-0.05, 0) is 61.2 Å². The van der Waals surface area contributed by atoms with Crippen LogP contribution >= 0.6 is 11.6 Å². The first-order chi connectivity index (χ1) is 14.0. The van der Waals surface area contributed by atoms with Crippen molar-refractivity contribution in [3.8, 4) is 11.4 Å². The topological polar surface area (TPSA) is 52.0 Å². The van der Waals surface area contributed by atoms with Crippen molar-refractivity contribution in [1.82, 2.24) is 20.1 Å². The number of ether oxygens (including phenoxy) is 1. The summed E-state index contributed by atoms with van der Waals surface area (Å²) in [6, 6.07) is 14.3. The Kier molecular flexibility index (Phi) is 5.94. The molecule has 1 aromatic heterocycles. The second kappa shape index (κ2) is 8.61. The largest absolute Gasteiger partial charge is 0.381 e. The number of halogens is 2. The van der Waals surface area contributed by atoms with Crippen molar-refractivity contribution in [3.05, 3.63) is 70.8 Å². The fraction of sp³-hybridized carbons (Fsp3) is 0.364. The van der Waals surface area contributed by atoms with E-state index in [0.717, 1.165) is 42.0 Å². The van der Waals surface area contributed by atoms with Gasteiger partial charge in [0, 0.05) is 36.4 Å². The third-order valence-electron chi connectivity index (χ3n) is 5.59. The molecule has 1 fully saturated rings. The molecule has 0 bridgehead atoms. The molecule has 0 amide bonds. The molecule has 3 aromatic rings. The lowest BCUT2D eigenvalue weighted by atomic mass is 9.83. The van der Waals surface area contributed by atoms with Gasteiger partial charge >= 0.3 is 0 Å². The van der Waals surface area contributed by atoms with Crippen LogP contribution in [0.15, 0.2) is 48.5 Å². The Balaban J connectivity index is 1.50. The quantitative estimate of drug-likeness (QED) is 0.658. The van der Waals surface area contributed by atoms with Gasteiger partial charge in [-0.3, -0.25) is 0 Å². The highest BCUT2D eigenvalue weighted by Crippen LogP contribution is 2.27. The van der Waals surface area contributed by atoms with Gasteiger partial charge in [0.05, 0.1) is 6.54 Å². The number of benzene rings is 2. The summed E-state index contributed by atoms with van der Waals surface area (Å²) in [6.45, 7) is 2.02. The highest BCUT2D eigenvalue weighted by atomic mass is 35.5. The van der Waals surface area contributed by atoms with Crippen LogP contribution in [0.1, 0.15) is 24.2 Å². The summed E-state index contributed by atoms with van der Waals surface area (Å²) in [7, 11) is 1.97. The van der Waals surface area contributed by atoms with E-state index < -0.39 is 0 Å². The average molecular weight is 415 g/mol. The Morgan fingerprint density at radius 2 is 1.76 bits per heavy atom. The van der Waals surface area contributed by atoms with Gasteiger partial charge in [-0.25, -0.2) is 4.39 Å². The SMILES string of the molecule is Cn1c(CNC2(Cc3ccc(F)cc3)CCOCC2)nnc1-c1ccc(Cl)cc1. The molecule has 7 heteroatoms. The molecule has 1 saturated heterocycles. The van der Waals surface area contributed by atoms with Crippen LogP contribution in [-0.4, -0.2) is 33.5 Å². The number of aromatic nitrogens is 3. The minimum absolute atomic E-state index is 0.109. The fourth-order valence-electron chi connectivity index (χ4n) is 3.80. The molecule has 4 rings (SSSR count). The van der Waals surface area contributed by atoms with E-state index in [1.54, 1.807) is 0 Å². The standard InChI is InChI=1S/C22H24ClFN4O/c1-28-20(26-27-21(28)17-4-6-18(23)7-5-17)15-25-22(10-12-29-13-11-22)14-16-2-8-19(24)9-3-16/h2-9,25H,10-15H2,1H3. The molecule has 0 aliphatic carbocycles. The zero-order valence-corrected chi connectivity index (χ0v) is 17.1. The number of hydrogen-bond donors (Lipinski definition) is 1. The Morgan fingerprint density at radius 3 is 2.45 bits per heavy atom. The van der Waals surface area contributed by atoms with Gasteiger partial charge < -0.3 is 14.6 Å². The smallest absolute Gasteiger partial charge is 0.163 e.